The number of amides is 2. The van der Waals surface area contributed by atoms with Gasteiger partial charge in [-0.3, -0.25) is 14.2 Å². The highest BCUT2D eigenvalue weighted by molar-refractivity contribution is 5.91. The highest BCUT2D eigenvalue weighted by Gasteiger charge is 2.37. The highest BCUT2D eigenvalue weighted by Crippen LogP contribution is 2.38. The van der Waals surface area contributed by atoms with Gasteiger partial charge in [0.05, 0.1) is 22.3 Å². The summed E-state index contributed by atoms with van der Waals surface area (Å²) in [7, 11) is 0. The molecule has 1 aliphatic rings. The molecule has 1 saturated heterocycles. The predicted octanol–water partition coefficient (Wildman–Crippen LogP) is 3.75. The van der Waals surface area contributed by atoms with Crippen molar-refractivity contribution in [1.29, 1.82) is 0 Å². The molecule has 0 spiro atoms. The monoisotopic (exact) mass is 714 g/mol. The van der Waals surface area contributed by atoms with Crippen LogP contribution in [0.25, 0.3) is 28.5 Å². The molecule has 2 aromatic heterocycles. The molecule has 0 radical (unpaired) electrons. The van der Waals surface area contributed by atoms with Crippen LogP contribution in [0.3, 0.4) is 0 Å². The Hall–Kier alpha value is -6.03. The van der Waals surface area contributed by atoms with E-state index in [9.17, 15) is 29.3 Å². The summed E-state index contributed by atoms with van der Waals surface area (Å²) in [5, 5.41) is 48.2. The Morgan fingerprint density at radius 2 is 1.54 bits per heavy atom. The number of nitrogens with one attached hydrogen (secondary N) is 1. The molecule has 2 amide bonds. The van der Waals surface area contributed by atoms with Crippen LogP contribution in [0.1, 0.15) is 90.8 Å². The van der Waals surface area contributed by atoms with Gasteiger partial charge in [0.15, 0.2) is 5.82 Å². The zero-order valence-corrected chi connectivity index (χ0v) is 29.2. The molecule has 6 rings (SSSR count). The minimum atomic E-state index is -0.875. The van der Waals surface area contributed by atoms with E-state index < -0.39 is 23.4 Å². The summed E-state index contributed by atoms with van der Waals surface area (Å²) in [6, 6.07) is 11.6. The Morgan fingerprint density at radius 3 is 2.15 bits per heavy atom. The van der Waals surface area contributed by atoms with Gasteiger partial charge in [-0.15, -0.1) is 10.2 Å². The maximum Gasteiger partial charge on any atom is 0.330 e. The number of nitrogens with zero attached hydrogens (tertiary/aromatic N) is 6. The Bertz CT molecular complexity index is 2150. The fourth-order valence-corrected chi connectivity index (χ4v) is 6.49. The number of rotatable bonds is 11. The van der Waals surface area contributed by atoms with Crippen molar-refractivity contribution < 1.29 is 38.6 Å². The predicted molar refractivity (Wildman–Crippen MR) is 187 cm³/mol. The van der Waals surface area contributed by atoms with E-state index in [1.807, 2.05) is 13.8 Å². The summed E-state index contributed by atoms with van der Waals surface area (Å²) in [6.45, 7) is 8.60. The third-order valence-corrected chi connectivity index (χ3v) is 9.13. The van der Waals surface area contributed by atoms with E-state index in [1.54, 1.807) is 48.7 Å². The maximum absolute atomic E-state index is 14.6. The zero-order valence-electron chi connectivity index (χ0n) is 29.2. The van der Waals surface area contributed by atoms with Gasteiger partial charge in [0.2, 0.25) is 12.6 Å². The molecule has 3 aromatic carbocycles. The normalized spacial score (nSPS) is 13.6. The number of aromatic hydroxyl groups is 3. The fraction of sp³-hybridized carbons (Fsp3) is 0.333. The average molecular weight is 715 g/mol. The Morgan fingerprint density at radius 1 is 0.904 bits per heavy atom. The fourth-order valence-electron chi connectivity index (χ4n) is 6.49. The molecular weight excluding hydrogens is 673 g/mol. The quantitative estimate of drug-likeness (QED) is 0.109. The van der Waals surface area contributed by atoms with E-state index in [0.29, 0.717) is 59.9 Å². The number of primary amides is 2. The lowest BCUT2D eigenvalue weighted by molar-refractivity contribution is -0.717. The Kier molecular flexibility index (Phi) is 9.84. The lowest BCUT2D eigenvalue weighted by atomic mass is 9.98. The third-order valence-electron chi connectivity index (χ3n) is 9.13. The number of nitrogens with two attached hydrogens (primary N) is 2. The molecule has 1 fully saturated rings. The van der Waals surface area contributed by atoms with Crippen molar-refractivity contribution in [1.82, 2.24) is 29.9 Å². The van der Waals surface area contributed by atoms with Crippen LogP contribution in [0, 0.1) is 5.82 Å². The number of hydrogen-bond acceptors (Lipinski definition) is 10. The van der Waals surface area contributed by atoms with E-state index in [2.05, 4.69) is 15.5 Å². The van der Waals surface area contributed by atoms with Gasteiger partial charge >= 0.3 is 17.6 Å². The van der Waals surface area contributed by atoms with Crippen LogP contribution in [0.15, 0.2) is 48.5 Å². The van der Waals surface area contributed by atoms with Gasteiger partial charge in [-0.2, -0.15) is 0 Å². The van der Waals surface area contributed by atoms with E-state index >= 15 is 0 Å². The number of piperidine rings is 1. The average Bonchev–Trinajstić information content (AvgIpc) is 3.71. The van der Waals surface area contributed by atoms with Gasteiger partial charge in [0.1, 0.15) is 28.8 Å². The van der Waals surface area contributed by atoms with Gasteiger partial charge in [0.25, 0.3) is 5.91 Å². The van der Waals surface area contributed by atoms with Crippen molar-refractivity contribution in [2.75, 3.05) is 13.1 Å². The summed E-state index contributed by atoms with van der Waals surface area (Å²) >= 11 is 0. The lowest BCUT2D eigenvalue weighted by Gasteiger charge is -2.22. The molecule has 0 bridgehead atoms. The number of phenolic OH excluding ortho intramolecular Hbond substituents is 3. The van der Waals surface area contributed by atoms with Crippen LogP contribution in [-0.2, 0) is 6.73 Å². The number of carbonyl (C=O) groups is 2. The molecule has 3 heterocycles. The number of benzene rings is 3. The standard InChI is InChI=1S/C36H40FN9O6/c1-18(2)23-13-25(28(47)15-27(23)37)33-41-42-35(31(38)50)45(33)20-5-7-22(8-6-20)52-17-44-36(32(39)51)46(21-9-11-40-12-10-21)34(43-44)26-14-24(19(3)4)29(48)16-30(26)49/h5-8,13-16,18-19,21,40H,9-12,17H2,1-4H3,(H6-,38,39,41,43,47,48,49,50,51)/p+1. The van der Waals surface area contributed by atoms with E-state index in [0.717, 1.165) is 6.07 Å². The molecular formula is C36H41FN9O6+. The topological polar surface area (TPSA) is 221 Å². The molecule has 15 nitrogen and oxygen atoms in total. The first-order chi connectivity index (χ1) is 24.8. The molecule has 5 aromatic rings. The first-order valence-electron chi connectivity index (χ1n) is 16.9. The largest absolute Gasteiger partial charge is 0.508 e. The highest BCUT2D eigenvalue weighted by atomic mass is 19.1. The first kappa shape index (κ1) is 35.8. The molecule has 16 heteroatoms. The number of hydrogen-bond donors (Lipinski definition) is 6. The third kappa shape index (κ3) is 6.71. The van der Waals surface area contributed by atoms with Gasteiger partial charge in [-0.05, 0) is 85.3 Å². The van der Waals surface area contributed by atoms with Gasteiger partial charge < -0.3 is 36.8 Å². The van der Waals surface area contributed by atoms with Crippen molar-refractivity contribution in [3.05, 3.63) is 77.1 Å². The number of halogens is 1. The molecule has 0 aliphatic carbocycles. The van der Waals surface area contributed by atoms with Crippen LogP contribution in [0.2, 0.25) is 0 Å². The van der Waals surface area contributed by atoms with Crippen LogP contribution >= 0.6 is 0 Å². The van der Waals surface area contributed by atoms with Crippen LogP contribution < -0.4 is 26.1 Å². The lowest BCUT2D eigenvalue weighted by Crippen LogP contribution is -2.51. The van der Waals surface area contributed by atoms with Gasteiger partial charge in [-0.25, -0.2) is 8.96 Å². The number of carbonyl (C=O) groups excluding carboxylic acids is 2. The van der Waals surface area contributed by atoms with Crippen molar-refractivity contribution in [3.63, 3.8) is 0 Å². The van der Waals surface area contributed by atoms with Gasteiger partial charge in [-0.1, -0.05) is 32.4 Å². The summed E-state index contributed by atoms with van der Waals surface area (Å²) < 4.78 is 25.1. The second-order valence-electron chi connectivity index (χ2n) is 13.3. The summed E-state index contributed by atoms with van der Waals surface area (Å²) in [5.41, 5.74) is 13.4. The first-order valence-corrected chi connectivity index (χ1v) is 16.9. The number of ether oxygens (including phenoxy) is 1. The van der Waals surface area contributed by atoms with Crippen molar-refractivity contribution in [2.24, 2.45) is 11.5 Å². The second kappa shape index (κ2) is 14.3. The molecule has 52 heavy (non-hydrogen) atoms. The minimum Gasteiger partial charge on any atom is -0.508 e. The molecule has 0 saturated carbocycles. The van der Waals surface area contributed by atoms with Crippen molar-refractivity contribution >= 4 is 11.8 Å². The molecule has 0 unspecified atom stereocenters. The second-order valence-corrected chi connectivity index (χ2v) is 13.3. The van der Waals surface area contributed by atoms with E-state index in [-0.39, 0.29) is 59.1 Å². The van der Waals surface area contributed by atoms with Crippen LogP contribution in [0.4, 0.5) is 4.39 Å². The summed E-state index contributed by atoms with van der Waals surface area (Å²) in [5.74, 6) is -2.56. The van der Waals surface area contributed by atoms with Crippen LogP contribution in [-0.4, -0.2) is 64.8 Å². The number of aromatic nitrogens is 6. The number of phenols is 3. The minimum absolute atomic E-state index is 0.0534. The molecule has 1 aliphatic heterocycles. The molecule has 8 N–H and O–H groups in total. The Labute approximate surface area is 298 Å². The van der Waals surface area contributed by atoms with Gasteiger partial charge in [0, 0.05) is 17.8 Å². The molecule has 272 valence electrons. The zero-order chi connectivity index (χ0) is 37.4. The molecule has 0 atom stereocenters. The Balaban J connectivity index is 1.37. The summed E-state index contributed by atoms with van der Waals surface area (Å²) in [4.78, 5) is 25.4. The van der Waals surface area contributed by atoms with Crippen LogP contribution in [0.5, 0.6) is 23.0 Å². The summed E-state index contributed by atoms with van der Waals surface area (Å²) in [6.07, 6.45) is 1.35. The maximum atomic E-state index is 14.6. The smallest absolute Gasteiger partial charge is 0.330 e. The van der Waals surface area contributed by atoms with Crippen molar-refractivity contribution in [2.45, 2.75) is 65.1 Å². The van der Waals surface area contributed by atoms with Crippen molar-refractivity contribution in [3.8, 4) is 51.5 Å². The van der Waals surface area contributed by atoms with E-state index in [1.165, 1.54) is 21.4 Å². The SMILES string of the molecule is CC(C)c1cc(-c2nn(COc3ccc(-n4c(C(N)=O)nnc4-c4cc(C(C)C)c(F)cc4O)cc3)c(C(N)=O)[n+]2C2CCNCC2)c(O)cc1O. The van der Waals surface area contributed by atoms with E-state index in [4.69, 9.17) is 21.3 Å².